The summed E-state index contributed by atoms with van der Waals surface area (Å²) in [6.45, 7) is 12.6. The quantitative estimate of drug-likeness (QED) is 0.387. The number of aliphatic hydroxyl groups is 1. The van der Waals surface area contributed by atoms with Crippen molar-refractivity contribution in [1.82, 2.24) is 5.32 Å². The first-order chi connectivity index (χ1) is 16.8. The maximum atomic E-state index is 10.2. The molecule has 1 unspecified atom stereocenters. The minimum Gasteiger partial charge on any atom is -0.393 e. The third-order valence-electron chi connectivity index (χ3n) is 11.0. The molecule has 3 fully saturated rings. The molecule has 1 heterocycles. The van der Waals surface area contributed by atoms with E-state index >= 15 is 0 Å². The van der Waals surface area contributed by atoms with Crippen molar-refractivity contribution in [3.8, 4) is 0 Å². The third-order valence-corrected chi connectivity index (χ3v) is 11.0. The first-order valence-corrected chi connectivity index (χ1v) is 14.9. The van der Waals surface area contributed by atoms with Gasteiger partial charge in [-0.3, -0.25) is 0 Å². The Morgan fingerprint density at radius 2 is 1.66 bits per heavy atom. The number of fused-ring (bicyclic) bond motifs is 5. The van der Waals surface area contributed by atoms with Crippen LogP contribution in [0.15, 0.2) is 48.4 Å². The lowest BCUT2D eigenvalue weighted by molar-refractivity contribution is -0.0573. The Morgan fingerprint density at radius 3 is 2.37 bits per heavy atom. The van der Waals surface area contributed by atoms with E-state index in [1.807, 2.05) is 36.7 Å². The fourth-order valence-corrected chi connectivity index (χ4v) is 9.07. The summed E-state index contributed by atoms with van der Waals surface area (Å²) in [5, 5.41) is 13.1. The Kier molecular flexibility index (Phi) is 8.73. The highest BCUT2D eigenvalue weighted by atomic mass is 16.3. The van der Waals surface area contributed by atoms with E-state index in [1.54, 1.807) is 5.57 Å². The van der Waals surface area contributed by atoms with E-state index < -0.39 is 0 Å². The normalized spacial score (nSPS) is 40.4. The summed E-state index contributed by atoms with van der Waals surface area (Å²) in [4.78, 5) is 0. The molecule has 4 aliphatic carbocycles. The summed E-state index contributed by atoms with van der Waals surface area (Å²) >= 11 is 0. The van der Waals surface area contributed by atoms with Gasteiger partial charge in [0.1, 0.15) is 0 Å². The summed E-state index contributed by atoms with van der Waals surface area (Å²) in [5.74, 6) is 5.46. The second-order valence-corrected chi connectivity index (χ2v) is 13.5. The molecule has 0 aromatic carbocycles. The Balaban J connectivity index is 0.000000356. The summed E-state index contributed by atoms with van der Waals surface area (Å²) in [7, 11) is 0. The average molecular weight is 480 g/mol. The first-order valence-electron chi connectivity index (χ1n) is 14.9. The molecule has 0 radical (unpaired) electrons. The van der Waals surface area contributed by atoms with E-state index in [1.165, 1.54) is 57.8 Å². The van der Waals surface area contributed by atoms with Gasteiger partial charge < -0.3 is 10.4 Å². The second-order valence-electron chi connectivity index (χ2n) is 13.5. The molecule has 2 N–H and O–H groups in total. The van der Waals surface area contributed by atoms with Crippen LogP contribution in [0.25, 0.3) is 0 Å². The highest BCUT2D eigenvalue weighted by molar-refractivity contribution is 5.25. The van der Waals surface area contributed by atoms with Crippen LogP contribution in [0.4, 0.5) is 0 Å². The Bertz CT molecular complexity index is 807. The van der Waals surface area contributed by atoms with Crippen LogP contribution in [-0.2, 0) is 0 Å². The van der Waals surface area contributed by atoms with E-state index in [0.717, 1.165) is 48.3 Å². The topological polar surface area (TPSA) is 32.3 Å². The smallest absolute Gasteiger partial charge is 0.0577 e. The highest BCUT2D eigenvalue weighted by Crippen LogP contribution is 2.67. The van der Waals surface area contributed by atoms with Gasteiger partial charge in [0.15, 0.2) is 0 Å². The zero-order valence-electron chi connectivity index (χ0n) is 23.3. The van der Waals surface area contributed by atoms with Gasteiger partial charge in [-0.15, -0.1) is 0 Å². The number of nitrogens with one attached hydrogen (secondary N) is 1. The zero-order chi connectivity index (χ0) is 25.1. The molecule has 3 saturated carbocycles. The van der Waals surface area contributed by atoms with Gasteiger partial charge in [-0.1, -0.05) is 77.7 Å². The van der Waals surface area contributed by atoms with E-state index in [2.05, 4.69) is 46.0 Å². The van der Waals surface area contributed by atoms with Crippen LogP contribution in [0.5, 0.6) is 0 Å². The lowest BCUT2D eigenvalue weighted by atomic mass is 9.47. The van der Waals surface area contributed by atoms with Gasteiger partial charge in [0.05, 0.1) is 6.10 Å². The molecule has 8 atom stereocenters. The van der Waals surface area contributed by atoms with Crippen molar-refractivity contribution in [3.05, 3.63) is 48.4 Å². The van der Waals surface area contributed by atoms with Crippen LogP contribution in [0.3, 0.4) is 0 Å². The second kappa shape index (κ2) is 11.4. The van der Waals surface area contributed by atoms with Gasteiger partial charge >= 0.3 is 0 Å². The molecule has 5 aliphatic rings. The minimum atomic E-state index is -0.0766. The van der Waals surface area contributed by atoms with Crippen LogP contribution in [0, 0.1) is 46.3 Å². The van der Waals surface area contributed by atoms with Gasteiger partial charge in [0.25, 0.3) is 0 Å². The minimum absolute atomic E-state index is 0.0766. The molecule has 2 heteroatoms. The van der Waals surface area contributed by atoms with Gasteiger partial charge in [0, 0.05) is 12.4 Å². The number of allylic oxidation sites excluding steroid dienone is 5. The summed E-state index contributed by atoms with van der Waals surface area (Å²) < 4.78 is 0. The summed E-state index contributed by atoms with van der Waals surface area (Å²) in [6, 6.07) is 0. The Labute approximate surface area is 216 Å². The van der Waals surface area contributed by atoms with Crippen LogP contribution >= 0.6 is 0 Å². The molecule has 0 aromatic rings. The number of hydrogen-bond acceptors (Lipinski definition) is 2. The van der Waals surface area contributed by atoms with Crippen molar-refractivity contribution < 1.29 is 5.11 Å². The van der Waals surface area contributed by atoms with Crippen molar-refractivity contribution in [2.24, 2.45) is 46.3 Å². The SMILES string of the molecule is C1=CC=CNC=C1.CC(C)CCCC(C)[C@H]1CC[C@H]2[C@@H]3CC=C4C[C@@H](O)CC[C@]4(C)[C@H]3CC[C@]12C. The van der Waals surface area contributed by atoms with Crippen molar-refractivity contribution in [3.63, 3.8) is 0 Å². The molecule has 5 rings (SSSR count). The molecule has 0 aromatic heterocycles. The van der Waals surface area contributed by atoms with Crippen LogP contribution in [0.1, 0.15) is 105 Å². The van der Waals surface area contributed by atoms with Crippen LogP contribution in [-0.4, -0.2) is 11.2 Å². The van der Waals surface area contributed by atoms with Gasteiger partial charge in [0.2, 0.25) is 0 Å². The van der Waals surface area contributed by atoms with Gasteiger partial charge in [-0.05, 0) is 110 Å². The summed E-state index contributed by atoms with van der Waals surface area (Å²) in [5.41, 5.74) is 2.60. The van der Waals surface area contributed by atoms with Gasteiger partial charge in [-0.2, -0.15) is 0 Å². The van der Waals surface area contributed by atoms with Crippen molar-refractivity contribution in [1.29, 1.82) is 0 Å². The van der Waals surface area contributed by atoms with E-state index in [9.17, 15) is 5.11 Å². The standard InChI is InChI=1S/C27H46O.C6H7N/c1-18(2)7-6-8-19(3)23-11-12-24-22-10-9-20-17-21(28)13-15-26(20,4)25(22)14-16-27(23,24)5;1-2-4-6-7-5-3-1/h9,18-19,21-25,28H,6-8,10-17H2,1-5H3;1-7H/t19?,21-,22-,23+,24-,25-,26-,27+;/m0./s1. The molecule has 0 saturated heterocycles. The summed E-state index contributed by atoms with van der Waals surface area (Å²) in [6.07, 6.45) is 28.7. The highest BCUT2D eigenvalue weighted by Gasteiger charge is 2.59. The largest absolute Gasteiger partial charge is 0.393 e. The third kappa shape index (κ3) is 5.68. The lowest BCUT2D eigenvalue weighted by Crippen LogP contribution is -2.50. The molecule has 1 aliphatic heterocycles. The average Bonchev–Trinajstić information content (AvgIpc) is 2.98. The molecule has 0 spiro atoms. The van der Waals surface area contributed by atoms with E-state index in [0.29, 0.717) is 10.8 Å². The molecule has 0 amide bonds. The monoisotopic (exact) mass is 479 g/mol. The van der Waals surface area contributed by atoms with Crippen LogP contribution in [0.2, 0.25) is 0 Å². The van der Waals surface area contributed by atoms with Crippen molar-refractivity contribution in [2.75, 3.05) is 0 Å². The van der Waals surface area contributed by atoms with Gasteiger partial charge in [-0.25, -0.2) is 0 Å². The molecule has 2 nitrogen and oxygen atoms in total. The Hall–Kier alpha value is -1.28. The lowest BCUT2D eigenvalue weighted by Gasteiger charge is -2.58. The van der Waals surface area contributed by atoms with E-state index in [4.69, 9.17) is 0 Å². The van der Waals surface area contributed by atoms with E-state index in [-0.39, 0.29) is 6.10 Å². The number of rotatable bonds is 5. The maximum Gasteiger partial charge on any atom is 0.0577 e. The molecule has 196 valence electrons. The van der Waals surface area contributed by atoms with Crippen molar-refractivity contribution >= 4 is 0 Å². The first kappa shape index (κ1) is 26.8. The zero-order valence-corrected chi connectivity index (χ0v) is 23.3. The van der Waals surface area contributed by atoms with Crippen LogP contribution < -0.4 is 5.32 Å². The maximum absolute atomic E-state index is 10.2. The fraction of sp³-hybridized carbons (Fsp3) is 0.758. The molecule has 35 heavy (non-hydrogen) atoms. The van der Waals surface area contributed by atoms with Crippen molar-refractivity contribution in [2.45, 2.75) is 111 Å². The molecule has 0 bridgehead atoms. The molecular weight excluding hydrogens is 426 g/mol. The Morgan fingerprint density at radius 1 is 0.914 bits per heavy atom. The number of hydrogen-bond donors (Lipinski definition) is 2. The molecular formula is C33H53NO. The number of aliphatic hydroxyl groups excluding tert-OH is 1. The fourth-order valence-electron chi connectivity index (χ4n) is 9.07. The predicted molar refractivity (Wildman–Crippen MR) is 150 cm³/mol. The predicted octanol–water partition coefficient (Wildman–Crippen LogP) is 8.56.